The lowest BCUT2D eigenvalue weighted by atomic mass is 10.2. The van der Waals surface area contributed by atoms with Crippen molar-refractivity contribution in [2.75, 3.05) is 14.2 Å². The monoisotopic (exact) mass is 242 g/mol. The van der Waals surface area contributed by atoms with Crippen LogP contribution < -0.4 is 10.2 Å². The summed E-state index contributed by atoms with van der Waals surface area (Å²) >= 11 is 3.42. The first-order valence-electron chi connectivity index (χ1n) is 3.81. The predicted molar refractivity (Wildman–Crippen MR) is 57.3 cm³/mol. The van der Waals surface area contributed by atoms with Gasteiger partial charge in [-0.2, -0.15) is 5.10 Å². The molecule has 0 saturated carbocycles. The number of nitrogens with one attached hydrogen (secondary N) is 1. The van der Waals surface area contributed by atoms with Crippen LogP contribution in [0.1, 0.15) is 5.56 Å². The summed E-state index contributed by atoms with van der Waals surface area (Å²) in [6.45, 7) is 0. The molecule has 1 aromatic rings. The van der Waals surface area contributed by atoms with Crippen molar-refractivity contribution >= 4 is 22.1 Å². The van der Waals surface area contributed by atoms with E-state index in [-0.39, 0.29) is 0 Å². The zero-order valence-corrected chi connectivity index (χ0v) is 9.13. The number of nitrogens with zero attached hydrogens (tertiary/aromatic N) is 1. The Kier molecular flexibility index (Phi) is 3.76. The SMILES string of the molecule is CN/N=C/c1cc(OC)ccc1Br. The summed E-state index contributed by atoms with van der Waals surface area (Å²) in [5, 5.41) is 3.92. The van der Waals surface area contributed by atoms with Gasteiger partial charge in [0.1, 0.15) is 5.75 Å². The largest absolute Gasteiger partial charge is 0.497 e. The van der Waals surface area contributed by atoms with Crippen molar-refractivity contribution < 1.29 is 4.74 Å². The highest BCUT2D eigenvalue weighted by atomic mass is 79.9. The van der Waals surface area contributed by atoms with Crippen LogP contribution >= 0.6 is 15.9 Å². The van der Waals surface area contributed by atoms with E-state index in [0.717, 1.165) is 15.8 Å². The van der Waals surface area contributed by atoms with Gasteiger partial charge in [0.25, 0.3) is 0 Å². The maximum Gasteiger partial charge on any atom is 0.119 e. The van der Waals surface area contributed by atoms with Crippen molar-refractivity contribution in [3.8, 4) is 5.75 Å². The molecule has 0 spiro atoms. The molecule has 1 aromatic carbocycles. The van der Waals surface area contributed by atoms with E-state index >= 15 is 0 Å². The molecule has 4 heteroatoms. The molecule has 0 atom stereocenters. The van der Waals surface area contributed by atoms with Gasteiger partial charge in [-0.05, 0) is 18.2 Å². The molecule has 0 saturated heterocycles. The highest BCUT2D eigenvalue weighted by Crippen LogP contribution is 2.20. The minimum Gasteiger partial charge on any atom is -0.497 e. The second-order valence-corrected chi connectivity index (χ2v) is 3.22. The number of benzene rings is 1. The van der Waals surface area contributed by atoms with Gasteiger partial charge in [0.05, 0.1) is 13.3 Å². The summed E-state index contributed by atoms with van der Waals surface area (Å²) in [5.41, 5.74) is 3.67. The van der Waals surface area contributed by atoms with Crippen LogP contribution in [0.15, 0.2) is 27.8 Å². The average molecular weight is 243 g/mol. The minimum absolute atomic E-state index is 0.820. The van der Waals surface area contributed by atoms with Gasteiger partial charge in [-0.1, -0.05) is 15.9 Å². The van der Waals surface area contributed by atoms with Gasteiger partial charge < -0.3 is 10.2 Å². The molecule has 3 nitrogen and oxygen atoms in total. The predicted octanol–water partition coefficient (Wildman–Crippen LogP) is 2.01. The lowest BCUT2D eigenvalue weighted by Gasteiger charge is -2.02. The number of methoxy groups -OCH3 is 1. The van der Waals surface area contributed by atoms with E-state index < -0.39 is 0 Å². The number of hydrazone groups is 1. The molecule has 0 amide bonds. The Labute approximate surface area is 85.9 Å². The fourth-order valence-corrected chi connectivity index (χ4v) is 1.23. The summed E-state index contributed by atoms with van der Waals surface area (Å²) in [7, 11) is 3.40. The second kappa shape index (κ2) is 4.87. The first kappa shape index (κ1) is 10.1. The van der Waals surface area contributed by atoms with Crippen LogP contribution in [-0.2, 0) is 0 Å². The van der Waals surface area contributed by atoms with E-state index in [9.17, 15) is 0 Å². The number of hydrogen-bond donors (Lipinski definition) is 1. The molecule has 0 aliphatic heterocycles. The Morgan fingerprint density at radius 1 is 1.54 bits per heavy atom. The topological polar surface area (TPSA) is 33.6 Å². The van der Waals surface area contributed by atoms with Crippen LogP contribution in [-0.4, -0.2) is 20.4 Å². The van der Waals surface area contributed by atoms with Gasteiger partial charge in [-0.25, -0.2) is 0 Å². The smallest absolute Gasteiger partial charge is 0.119 e. The number of halogens is 1. The van der Waals surface area contributed by atoms with Crippen molar-refractivity contribution in [2.24, 2.45) is 5.10 Å². The third kappa shape index (κ3) is 2.73. The molecule has 0 aromatic heterocycles. The maximum absolute atomic E-state index is 5.09. The number of hydrogen-bond acceptors (Lipinski definition) is 3. The van der Waals surface area contributed by atoms with Crippen molar-refractivity contribution in [3.05, 3.63) is 28.2 Å². The molecule has 1 rings (SSSR count). The van der Waals surface area contributed by atoms with Gasteiger partial charge in [0, 0.05) is 17.1 Å². The highest BCUT2D eigenvalue weighted by Gasteiger charge is 1.98. The molecular formula is C9H11BrN2O. The molecule has 0 aliphatic rings. The van der Waals surface area contributed by atoms with E-state index in [0.29, 0.717) is 0 Å². The molecule has 0 unspecified atom stereocenters. The molecule has 70 valence electrons. The normalized spacial score (nSPS) is 10.4. The van der Waals surface area contributed by atoms with Crippen LogP contribution in [0, 0.1) is 0 Å². The van der Waals surface area contributed by atoms with Crippen LogP contribution in [0.25, 0.3) is 0 Å². The Balaban J connectivity index is 2.97. The molecule has 1 N–H and O–H groups in total. The minimum atomic E-state index is 0.820. The van der Waals surface area contributed by atoms with Gasteiger partial charge in [0.2, 0.25) is 0 Å². The Morgan fingerprint density at radius 3 is 2.92 bits per heavy atom. The van der Waals surface area contributed by atoms with E-state index in [4.69, 9.17) is 4.74 Å². The van der Waals surface area contributed by atoms with Gasteiger partial charge in [-0.3, -0.25) is 0 Å². The summed E-state index contributed by atoms with van der Waals surface area (Å²) in [6.07, 6.45) is 1.73. The van der Waals surface area contributed by atoms with E-state index in [1.54, 1.807) is 20.4 Å². The standard InChI is InChI=1S/C9H11BrN2O/c1-11-12-6-7-5-8(13-2)3-4-9(7)10/h3-6,11H,1-2H3/b12-6+. The van der Waals surface area contributed by atoms with Crippen LogP contribution in [0.2, 0.25) is 0 Å². The van der Waals surface area contributed by atoms with E-state index in [1.165, 1.54) is 0 Å². The van der Waals surface area contributed by atoms with E-state index in [1.807, 2.05) is 18.2 Å². The Hall–Kier alpha value is -1.03. The highest BCUT2D eigenvalue weighted by molar-refractivity contribution is 9.10. The van der Waals surface area contributed by atoms with Gasteiger partial charge in [-0.15, -0.1) is 0 Å². The van der Waals surface area contributed by atoms with Crippen molar-refractivity contribution in [3.63, 3.8) is 0 Å². The molecule has 0 bridgehead atoms. The number of ether oxygens (including phenoxy) is 1. The van der Waals surface area contributed by atoms with E-state index in [2.05, 4.69) is 26.5 Å². The third-order valence-electron chi connectivity index (χ3n) is 1.54. The fraction of sp³-hybridized carbons (Fsp3) is 0.222. The second-order valence-electron chi connectivity index (χ2n) is 2.37. The van der Waals surface area contributed by atoms with Crippen LogP contribution in [0.4, 0.5) is 0 Å². The lowest BCUT2D eigenvalue weighted by molar-refractivity contribution is 0.414. The van der Waals surface area contributed by atoms with Crippen LogP contribution in [0.3, 0.4) is 0 Å². The summed E-state index contributed by atoms with van der Waals surface area (Å²) in [4.78, 5) is 0. The Morgan fingerprint density at radius 2 is 2.31 bits per heavy atom. The first-order chi connectivity index (χ1) is 6.27. The maximum atomic E-state index is 5.09. The molecule has 0 aliphatic carbocycles. The summed E-state index contributed by atoms with van der Waals surface area (Å²) in [6, 6.07) is 5.72. The van der Waals surface area contributed by atoms with Gasteiger partial charge in [0.15, 0.2) is 0 Å². The fourth-order valence-electron chi connectivity index (χ4n) is 0.882. The molecule has 13 heavy (non-hydrogen) atoms. The zero-order valence-electron chi connectivity index (χ0n) is 7.54. The van der Waals surface area contributed by atoms with Crippen LogP contribution in [0.5, 0.6) is 5.75 Å². The zero-order chi connectivity index (χ0) is 9.68. The molecule has 0 radical (unpaired) electrons. The van der Waals surface area contributed by atoms with Crippen molar-refractivity contribution in [1.82, 2.24) is 5.43 Å². The molecule has 0 heterocycles. The molecule has 0 fully saturated rings. The molecular weight excluding hydrogens is 232 g/mol. The van der Waals surface area contributed by atoms with Crippen molar-refractivity contribution in [2.45, 2.75) is 0 Å². The van der Waals surface area contributed by atoms with Crippen molar-refractivity contribution in [1.29, 1.82) is 0 Å². The average Bonchev–Trinajstić information content (AvgIpc) is 2.17. The third-order valence-corrected chi connectivity index (χ3v) is 2.26. The van der Waals surface area contributed by atoms with Gasteiger partial charge >= 0.3 is 0 Å². The quantitative estimate of drug-likeness (QED) is 0.650. The summed E-state index contributed by atoms with van der Waals surface area (Å²) < 4.78 is 6.08. The Bertz CT molecular complexity index is 312. The number of rotatable bonds is 3. The first-order valence-corrected chi connectivity index (χ1v) is 4.60. The summed E-state index contributed by atoms with van der Waals surface area (Å²) in [5.74, 6) is 0.820. The lowest BCUT2D eigenvalue weighted by Crippen LogP contribution is -1.95.